The van der Waals surface area contributed by atoms with Gasteiger partial charge in [-0.05, 0) is 0 Å². The molecule has 110 valence electrons. The highest BCUT2D eigenvalue weighted by Crippen LogP contribution is 1.83. The molecule has 0 N–H and O–H groups in total. The highest BCUT2D eigenvalue weighted by atomic mass is 16.6. The van der Waals surface area contributed by atoms with E-state index in [4.69, 9.17) is 30.1 Å². The molecule has 0 aliphatic carbocycles. The molecule has 0 aliphatic rings. The summed E-state index contributed by atoms with van der Waals surface area (Å²) in [6, 6.07) is 0. The van der Waals surface area contributed by atoms with Gasteiger partial charge in [0, 0.05) is 0 Å². The third kappa shape index (κ3) is 17.0. The van der Waals surface area contributed by atoms with Gasteiger partial charge in [-0.1, -0.05) is 5.92 Å². The van der Waals surface area contributed by atoms with E-state index in [-0.39, 0.29) is 6.61 Å². The number of rotatable bonds is 15. The molecule has 0 radical (unpaired) electrons. The number of ether oxygens (including phenoxy) is 5. The molecule has 0 amide bonds. The van der Waals surface area contributed by atoms with E-state index in [0.717, 1.165) is 0 Å². The summed E-state index contributed by atoms with van der Waals surface area (Å²) >= 11 is 0. The van der Waals surface area contributed by atoms with E-state index < -0.39 is 0 Å². The molecule has 0 aliphatic heterocycles. The number of carbonyl (C=O) groups is 1. The van der Waals surface area contributed by atoms with Gasteiger partial charge in [-0.15, -0.1) is 6.42 Å². The Labute approximate surface area is 114 Å². The van der Waals surface area contributed by atoms with E-state index in [2.05, 4.69) is 5.92 Å². The van der Waals surface area contributed by atoms with Crippen molar-refractivity contribution in [3.8, 4) is 12.3 Å². The predicted molar refractivity (Wildman–Crippen MR) is 69.0 cm³/mol. The van der Waals surface area contributed by atoms with Crippen molar-refractivity contribution < 1.29 is 28.5 Å². The van der Waals surface area contributed by atoms with Crippen molar-refractivity contribution in [3.05, 3.63) is 0 Å². The Morgan fingerprint density at radius 1 is 0.737 bits per heavy atom. The maximum Gasteiger partial charge on any atom is 0.145 e. The standard InChI is InChI=1S/C13H22O6/c1-2-4-15-6-8-17-10-12-19-13-11-18-9-7-16-5-3-14/h1,3H,4-13H2. The normalized spacial score (nSPS) is 10.3. The summed E-state index contributed by atoms with van der Waals surface area (Å²) < 4.78 is 25.6. The maximum atomic E-state index is 9.92. The minimum Gasteiger partial charge on any atom is -0.377 e. The van der Waals surface area contributed by atoms with Crippen molar-refractivity contribution >= 4 is 6.29 Å². The van der Waals surface area contributed by atoms with Crippen molar-refractivity contribution in [2.24, 2.45) is 0 Å². The second-order valence-corrected chi connectivity index (χ2v) is 3.34. The van der Waals surface area contributed by atoms with E-state index in [9.17, 15) is 4.79 Å². The Morgan fingerprint density at radius 3 is 1.58 bits per heavy atom. The smallest absolute Gasteiger partial charge is 0.145 e. The molecule has 0 bridgehead atoms. The van der Waals surface area contributed by atoms with Gasteiger partial charge in [-0.2, -0.15) is 0 Å². The topological polar surface area (TPSA) is 63.2 Å². The molecule has 0 spiro atoms. The zero-order chi connectivity index (χ0) is 14.0. The first kappa shape index (κ1) is 18.0. The first-order valence-corrected chi connectivity index (χ1v) is 6.17. The van der Waals surface area contributed by atoms with E-state index in [1.165, 1.54) is 0 Å². The van der Waals surface area contributed by atoms with E-state index in [0.29, 0.717) is 65.7 Å². The molecule has 0 saturated carbocycles. The van der Waals surface area contributed by atoms with Crippen molar-refractivity contribution in [2.45, 2.75) is 0 Å². The lowest BCUT2D eigenvalue weighted by Crippen LogP contribution is -2.13. The van der Waals surface area contributed by atoms with Crippen LogP contribution >= 0.6 is 0 Å². The highest BCUT2D eigenvalue weighted by Gasteiger charge is 1.92. The fraction of sp³-hybridized carbons (Fsp3) is 0.769. The molecule has 0 aromatic heterocycles. The van der Waals surface area contributed by atoms with E-state index in [1.807, 2.05) is 0 Å². The second-order valence-electron chi connectivity index (χ2n) is 3.34. The third-order valence-electron chi connectivity index (χ3n) is 1.86. The van der Waals surface area contributed by atoms with Crippen molar-refractivity contribution in [1.29, 1.82) is 0 Å². The van der Waals surface area contributed by atoms with Crippen molar-refractivity contribution in [3.63, 3.8) is 0 Å². The molecular formula is C13H22O6. The summed E-state index contributed by atoms with van der Waals surface area (Å²) in [5, 5.41) is 0. The highest BCUT2D eigenvalue weighted by molar-refractivity contribution is 5.50. The Hall–Kier alpha value is -0.970. The van der Waals surface area contributed by atoms with Crippen molar-refractivity contribution in [1.82, 2.24) is 0 Å². The van der Waals surface area contributed by atoms with Gasteiger partial charge < -0.3 is 28.5 Å². The number of carbonyl (C=O) groups excluding carboxylic acids is 1. The molecular weight excluding hydrogens is 252 g/mol. The molecule has 6 nitrogen and oxygen atoms in total. The SMILES string of the molecule is C#CCOCCOCCOCCOCCOCC=O. The van der Waals surface area contributed by atoms with Gasteiger partial charge in [0.1, 0.15) is 19.5 Å². The summed E-state index contributed by atoms with van der Waals surface area (Å²) in [6.07, 6.45) is 5.72. The van der Waals surface area contributed by atoms with Crippen LogP contribution in [-0.4, -0.2) is 72.4 Å². The van der Waals surface area contributed by atoms with Gasteiger partial charge in [-0.25, -0.2) is 0 Å². The van der Waals surface area contributed by atoms with Gasteiger partial charge >= 0.3 is 0 Å². The lowest BCUT2D eigenvalue weighted by atomic mass is 10.7. The molecule has 19 heavy (non-hydrogen) atoms. The Morgan fingerprint density at radius 2 is 1.16 bits per heavy atom. The fourth-order valence-electron chi connectivity index (χ4n) is 1.04. The number of hydrogen-bond donors (Lipinski definition) is 0. The summed E-state index contributed by atoms with van der Waals surface area (Å²) in [5.41, 5.74) is 0. The zero-order valence-electron chi connectivity index (χ0n) is 11.2. The average molecular weight is 274 g/mol. The van der Waals surface area contributed by atoms with Gasteiger partial charge in [-0.3, -0.25) is 0 Å². The average Bonchev–Trinajstić information content (AvgIpc) is 2.43. The molecule has 0 fully saturated rings. The maximum absolute atomic E-state index is 9.92. The van der Waals surface area contributed by atoms with E-state index >= 15 is 0 Å². The van der Waals surface area contributed by atoms with Crippen LogP contribution in [0, 0.1) is 12.3 Å². The molecule has 6 heteroatoms. The van der Waals surface area contributed by atoms with E-state index in [1.54, 1.807) is 0 Å². The van der Waals surface area contributed by atoms with Crippen LogP contribution in [0.3, 0.4) is 0 Å². The first-order valence-electron chi connectivity index (χ1n) is 6.17. The molecule has 0 aromatic carbocycles. The van der Waals surface area contributed by atoms with Crippen LogP contribution in [0.25, 0.3) is 0 Å². The molecule has 0 saturated heterocycles. The van der Waals surface area contributed by atoms with Gasteiger partial charge in [0.25, 0.3) is 0 Å². The summed E-state index contributed by atoms with van der Waals surface area (Å²) in [4.78, 5) is 9.92. The van der Waals surface area contributed by atoms with Crippen LogP contribution in [0.2, 0.25) is 0 Å². The van der Waals surface area contributed by atoms with Crippen LogP contribution in [0.1, 0.15) is 0 Å². The number of terminal acetylenes is 1. The third-order valence-corrected chi connectivity index (χ3v) is 1.86. The summed E-state index contributed by atoms with van der Waals surface area (Å²) in [5.74, 6) is 2.37. The van der Waals surface area contributed by atoms with Crippen LogP contribution in [0.4, 0.5) is 0 Å². The molecule has 0 rings (SSSR count). The Bertz CT molecular complexity index is 226. The largest absolute Gasteiger partial charge is 0.377 e. The van der Waals surface area contributed by atoms with Crippen LogP contribution < -0.4 is 0 Å². The van der Waals surface area contributed by atoms with Crippen LogP contribution in [0.5, 0.6) is 0 Å². The first-order chi connectivity index (χ1) is 9.41. The van der Waals surface area contributed by atoms with Gasteiger partial charge in [0.15, 0.2) is 0 Å². The lowest BCUT2D eigenvalue weighted by Gasteiger charge is -2.06. The van der Waals surface area contributed by atoms with Gasteiger partial charge in [0.2, 0.25) is 0 Å². The minimum atomic E-state index is 0.113. The second kappa shape index (κ2) is 17.0. The van der Waals surface area contributed by atoms with Gasteiger partial charge in [0.05, 0.1) is 52.9 Å². The monoisotopic (exact) mass is 274 g/mol. The zero-order valence-corrected chi connectivity index (χ0v) is 11.2. The number of hydrogen-bond acceptors (Lipinski definition) is 6. The molecule has 0 atom stereocenters. The minimum absolute atomic E-state index is 0.113. The quantitative estimate of drug-likeness (QED) is 0.236. The number of aldehydes is 1. The van der Waals surface area contributed by atoms with Crippen LogP contribution in [-0.2, 0) is 28.5 Å². The summed E-state index contributed by atoms with van der Waals surface area (Å²) in [7, 11) is 0. The molecule has 0 heterocycles. The summed E-state index contributed by atoms with van der Waals surface area (Å²) in [6.45, 7) is 4.34. The Kier molecular flexibility index (Phi) is 16.2. The lowest BCUT2D eigenvalue weighted by molar-refractivity contribution is -0.112. The molecule has 0 unspecified atom stereocenters. The fourth-order valence-corrected chi connectivity index (χ4v) is 1.04. The molecule has 0 aromatic rings. The van der Waals surface area contributed by atoms with Crippen LogP contribution in [0.15, 0.2) is 0 Å². The van der Waals surface area contributed by atoms with Crippen molar-refractivity contribution in [2.75, 3.05) is 66.1 Å². The Balaban J connectivity index is 2.91. The predicted octanol–water partition coefficient (Wildman–Crippen LogP) is -0.0985.